The molecule has 7 amide bonds. The number of benzene rings is 3. The molecular formula is C40H46N6O14S. The van der Waals surface area contributed by atoms with Crippen molar-refractivity contribution in [3.8, 4) is 28.2 Å². The summed E-state index contributed by atoms with van der Waals surface area (Å²) in [5.74, 6) is -4.74. The molecule has 2 heterocycles. The number of nitrogens with two attached hydrogens (primary N) is 1. The lowest BCUT2D eigenvalue weighted by atomic mass is 9.90. The Hall–Kier alpha value is -7.00. The number of carboxylic acid groups (broad SMARTS) is 1. The van der Waals surface area contributed by atoms with E-state index in [9.17, 15) is 53.4 Å². The van der Waals surface area contributed by atoms with Gasteiger partial charge in [-0.2, -0.15) is 16.8 Å². The van der Waals surface area contributed by atoms with Crippen LogP contribution in [0.15, 0.2) is 63.8 Å². The van der Waals surface area contributed by atoms with Gasteiger partial charge in [0.2, 0.25) is 23.6 Å². The maximum Gasteiger partial charge on any atom is 0.340 e. The molecule has 2 aromatic rings. The molecular weight excluding hydrogens is 821 g/mol. The molecule has 1 fully saturated rings. The molecule has 0 spiro atoms. The number of aromatic hydroxyl groups is 1. The van der Waals surface area contributed by atoms with Crippen molar-refractivity contribution < 1.29 is 62.5 Å². The molecule has 3 aliphatic rings. The average Bonchev–Trinajstić information content (AvgIpc) is 4.04. The Morgan fingerprint density at radius 1 is 0.934 bits per heavy atom. The van der Waals surface area contributed by atoms with Crippen LogP contribution < -0.4 is 32.5 Å². The third kappa shape index (κ3) is 13.5. The molecule has 2 aliphatic heterocycles. The van der Waals surface area contributed by atoms with Crippen molar-refractivity contribution in [1.82, 2.24) is 21.1 Å². The number of aromatic carboxylic acids is 1. The number of carbonyl (C=O) groups is 8. The lowest BCUT2D eigenvalue weighted by Gasteiger charge is -2.22. The lowest BCUT2D eigenvalue weighted by Crippen LogP contribution is -2.57. The number of esters is 1. The molecule has 3 unspecified atom stereocenters. The summed E-state index contributed by atoms with van der Waals surface area (Å²) in [7, 11) is 0. The van der Waals surface area contributed by atoms with Crippen LogP contribution in [0.25, 0.3) is 33.4 Å². The first-order valence-electron chi connectivity index (χ1n) is 18.1. The Balaban J connectivity index is 0.000000986. The number of hydrogen-bond donors (Lipinski definition) is 7. The number of phenolic OH excluding ortho intramolecular Hbond substituents is 1. The van der Waals surface area contributed by atoms with E-state index in [0.29, 0.717) is 29.7 Å². The number of phenols is 1. The van der Waals surface area contributed by atoms with Crippen LogP contribution in [0.2, 0.25) is 0 Å². The van der Waals surface area contributed by atoms with E-state index in [1.165, 1.54) is 62.4 Å². The number of carboxylic acids is 1. The number of amides is 7. The highest BCUT2D eigenvalue weighted by molar-refractivity contribution is 7.99. The van der Waals surface area contributed by atoms with Crippen molar-refractivity contribution in [3.63, 3.8) is 0 Å². The number of nitrogens with one attached hydrogen (secondary N) is 4. The summed E-state index contributed by atoms with van der Waals surface area (Å²) in [4.78, 5) is 107. The third-order valence-corrected chi connectivity index (χ3v) is 9.31. The van der Waals surface area contributed by atoms with Crippen LogP contribution in [0.3, 0.4) is 0 Å². The summed E-state index contributed by atoms with van der Waals surface area (Å²) in [5, 5.41) is 28.4. The summed E-state index contributed by atoms with van der Waals surface area (Å²) in [6.45, 7) is 6.44. The molecule has 0 radical (unpaired) electrons. The Labute approximate surface area is 352 Å². The minimum absolute atomic E-state index is 0. The number of fused-ring (bicyclic) bond motifs is 2. The van der Waals surface area contributed by atoms with Gasteiger partial charge in [0.15, 0.2) is 11.5 Å². The first kappa shape index (κ1) is 48.4. The van der Waals surface area contributed by atoms with E-state index < -0.39 is 53.6 Å². The standard InChI is InChI=1S/C34H34N6O11S.C5H8O3.CH4/c1-16(31(46)37-17(2)32(47)39-40(18(3)41)34(35)50)36-28(44)10-11-52-15-29(45)38-19-4-7-22(25(12-19)33(48)49)30-23-8-5-20(42)13-26(23)51-27-14-21(43)6-9-24(27)30;1-2-7-5(6)4-3-8-4;/h4-9,12-14,16-17,42H,10-11,15H2,1-3H3,(H2,35,50)(H,36,44)(H,37,46)(H,38,45)(H,39,47)(H,48,49);4H,2-3H2,1H3;1H4. The molecule has 0 aromatic heterocycles. The second-order valence-electron chi connectivity index (χ2n) is 13.0. The number of rotatable bonds is 14. The summed E-state index contributed by atoms with van der Waals surface area (Å²) >= 11 is 1.12. The quantitative estimate of drug-likeness (QED) is 0.0315. The van der Waals surface area contributed by atoms with E-state index in [1.54, 1.807) is 13.0 Å². The first-order chi connectivity index (χ1) is 28.4. The second kappa shape index (κ2) is 21.8. The number of imide groups is 1. The molecule has 326 valence electrons. The lowest BCUT2D eigenvalue weighted by molar-refractivity contribution is -0.144. The third-order valence-electron chi connectivity index (χ3n) is 8.35. The fourth-order valence-electron chi connectivity index (χ4n) is 5.39. The minimum Gasteiger partial charge on any atom is -0.508 e. The molecule has 5 rings (SSSR count). The molecule has 1 saturated heterocycles. The Kier molecular flexibility index (Phi) is 17.3. The molecule has 0 saturated carbocycles. The molecule has 21 heteroatoms. The van der Waals surface area contributed by atoms with E-state index in [-0.39, 0.29) is 81.8 Å². The largest absolute Gasteiger partial charge is 0.508 e. The van der Waals surface area contributed by atoms with Gasteiger partial charge in [-0.1, -0.05) is 13.5 Å². The fourth-order valence-corrected chi connectivity index (χ4v) is 6.12. The number of anilines is 1. The number of nitrogens with zero attached hydrogens (tertiary/aromatic N) is 1. The normalized spacial score (nSPS) is 13.5. The van der Waals surface area contributed by atoms with Crippen molar-refractivity contribution in [2.45, 2.75) is 59.7 Å². The van der Waals surface area contributed by atoms with Gasteiger partial charge in [-0.15, -0.1) is 0 Å². The zero-order valence-electron chi connectivity index (χ0n) is 32.7. The van der Waals surface area contributed by atoms with Gasteiger partial charge in [-0.05, 0) is 62.7 Å². The number of urea groups is 1. The van der Waals surface area contributed by atoms with E-state index >= 15 is 0 Å². The number of hydrogen-bond acceptors (Lipinski definition) is 14. The molecule has 0 bridgehead atoms. The first-order valence-corrected chi connectivity index (χ1v) is 19.3. The predicted molar refractivity (Wildman–Crippen MR) is 222 cm³/mol. The number of primary amides is 1. The van der Waals surface area contributed by atoms with Gasteiger partial charge in [0, 0.05) is 53.4 Å². The van der Waals surface area contributed by atoms with Gasteiger partial charge >= 0.3 is 18.0 Å². The van der Waals surface area contributed by atoms with E-state index in [0.717, 1.165) is 18.7 Å². The molecule has 2 aromatic carbocycles. The number of thioether (sulfide) groups is 1. The minimum atomic E-state index is -1.28. The van der Waals surface area contributed by atoms with Crippen LogP contribution in [0.4, 0.5) is 10.5 Å². The highest BCUT2D eigenvalue weighted by Crippen LogP contribution is 2.42. The van der Waals surface area contributed by atoms with Crippen LogP contribution in [-0.4, -0.2) is 106 Å². The second-order valence-corrected chi connectivity index (χ2v) is 14.1. The van der Waals surface area contributed by atoms with E-state index in [1.807, 2.05) is 5.43 Å². The topological polar surface area (TPSA) is 306 Å². The number of carbonyl (C=O) groups excluding carboxylic acids is 7. The van der Waals surface area contributed by atoms with Gasteiger partial charge < -0.3 is 45.8 Å². The highest BCUT2D eigenvalue weighted by Gasteiger charge is 2.32. The number of epoxide rings is 1. The monoisotopic (exact) mass is 866 g/mol. The summed E-state index contributed by atoms with van der Waals surface area (Å²) in [6.07, 6.45) is -0.304. The van der Waals surface area contributed by atoms with Crippen molar-refractivity contribution in [2.75, 3.05) is 30.0 Å². The summed E-state index contributed by atoms with van der Waals surface area (Å²) < 4.78 is 15.1. The zero-order chi connectivity index (χ0) is 44.3. The molecule has 8 N–H and O–H groups in total. The molecule has 20 nitrogen and oxygen atoms in total. The molecule has 61 heavy (non-hydrogen) atoms. The fraction of sp³-hybridized carbons (Fsp3) is 0.325. The molecule has 1 aliphatic carbocycles. The number of ether oxygens (including phenoxy) is 2. The van der Waals surface area contributed by atoms with Crippen molar-refractivity contribution in [2.24, 2.45) is 5.73 Å². The zero-order valence-corrected chi connectivity index (χ0v) is 33.5. The van der Waals surface area contributed by atoms with E-state index in [2.05, 4.69) is 25.4 Å². The maximum absolute atomic E-state index is 12.7. The maximum atomic E-state index is 12.7. The van der Waals surface area contributed by atoms with Crippen LogP contribution in [0, 0.1) is 0 Å². The predicted octanol–water partition coefficient (Wildman–Crippen LogP) is 2.58. The van der Waals surface area contributed by atoms with Gasteiger partial charge in [-0.3, -0.25) is 34.2 Å². The average molecular weight is 867 g/mol. The van der Waals surface area contributed by atoms with Crippen LogP contribution in [0.1, 0.15) is 51.9 Å². The van der Waals surface area contributed by atoms with Crippen LogP contribution in [0.5, 0.6) is 5.75 Å². The van der Waals surface area contributed by atoms with Gasteiger partial charge in [-0.25, -0.2) is 14.4 Å². The Bertz CT molecular complexity index is 2330. The van der Waals surface area contributed by atoms with Crippen LogP contribution >= 0.6 is 11.8 Å². The molecule has 3 atom stereocenters. The van der Waals surface area contributed by atoms with Crippen molar-refractivity contribution in [3.05, 3.63) is 70.4 Å². The number of hydrazine groups is 1. The van der Waals surface area contributed by atoms with Crippen molar-refractivity contribution in [1.29, 1.82) is 0 Å². The van der Waals surface area contributed by atoms with Gasteiger partial charge in [0.1, 0.15) is 29.2 Å². The summed E-state index contributed by atoms with van der Waals surface area (Å²) in [5.41, 5.74) is 8.16. The smallest absolute Gasteiger partial charge is 0.340 e. The Morgan fingerprint density at radius 3 is 2.23 bits per heavy atom. The summed E-state index contributed by atoms with van der Waals surface area (Å²) in [6, 6.07) is 9.36. The Morgan fingerprint density at radius 2 is 1.61 bits per heavy atom. The van der Waals surface area contributed by atoms with E-state index in [4.69, 9.17) is 10.2 Å². The van der Waals surface area contributed by atoms with Gasteiger partial charge in [0.25, 0.3) is 5.91 Å². The highest BCUT2D eigenvalue weighted by atomic mass is 32.2. The van der Waals surface area contributed by atoms with Crippen molar-refractivity contribution >= 4 is 75.9 Å². The van der Waals surface area contributed by atoms with Crippen LogP contribution in [-0.2, 0) is 38.2 Å². The SMILES string of the molecule is C.CC(=O)N(NC(=O)C(C)NC(=O)C(C)NC(=O)CCSCC(=O)Nc1ccc(-c2c3ccc(=O)cc-3oc3cc(O)ccc23)c(C(=O)O)c1)C(N)=O.CCOC(=O)C1CO1. The van der Waals surface area contributed by atoms with Gasteiger partial charge in [0.05, 0.1) is 24.5 Å².